The number of nitrogens with zero attached hydrogens (tertiary/aromatic N) is 4. The zero-order chi connectivity index (χ0) is 22.1. The van der Waals surface area contributed by atoms with Gasteiger partial charge in [0.1, 0.15) is 0 Å². The quantitative estimate of drug-likeness (QED) is 0.589. The molecule has 160 valence electrons. The van der Waals surface area contributed by atoms with Crippen molar-refractivity contribution in [2.45, 2.75) is 25.8 Å². The van der Waals surface area contributed by atoms with Crippen molar-refractivity contribution < 1.29 is 0 Å². The van der Waals surface area contributed by atoms with Gasteiger partial charge >= 0.3 is 0 Å². The summed E-state index contributed by atoms with van der Waals surface area (Å²) >= 11 is 6.07. The van der Waals surface area contributed by atoms with Gasteiger partial charge in [-0.2, -0.15) is 5.26 Å². The summed E-state index contributed by atoms with van der Waals surface area (Å²) in [5, 5.41) is 9.82. The second-order valence-corrected chi connectivity index (χ2v) is 8.85. The zero-order valence-corrected chi connectivity index (χ0v) is 18.4. The van der Waals surface area contributed by atoms with Crippen molar-refractivity contribution in [3.8, 4) is 6.07 Å². The molecule has 0 spiro atoms. The summed E-state index contributed by atoms with van der Waals surface area (Å²) in [7, 11) is 0. The molecule has 0 bridgehead atoms. The molecule has 2 aromatic heterocycles. The van der Waals surface area contributed by atoms with E-state index in [-0.39, 0.29) is 11.5 Å². The summed E-state index contributed by atoms with van der Waals surface area (Å²) in [6.07, 6.45) is 8.49. The van der Waals surface area contributed by atoms with Crippen molar-refractivity contribution >= 4 is 22.9 Å². The van der Waals surface area contributed by atoms with Crippen LogP contribution in [-0.4, -0.2) is 22.6 Å². The molecule has 3 heterocycles. The fourth-order valence-corrected chi connectivity index (χ4v) is 4.75. The molecule has 0 atom stereocenters. The summed E-state index contributed by atoms with van der Waals surface area (Å²) in [5.74, 6) is 0.155. The van der Waals surface area contributed by atoms with Gasteiger partial charge in [0.15, 0.2) is 0 Å². The lowest BCUT2D eigenvalue weighted by Gasteiger charge is -2.31. The predicted octanol–water partition coefficient (Wildman–Crippen LogP) is 4.67. The molecule has 0 amide bonds. The average molecular weight is 443 g/mol. The molecule has 3 aromatic rings. The maximum atomic E-state index is 12.8. The minimum atomic E-state index is -0.0421. The van der Waals surface area contributed by atoms with Crippen molar-refractivity contribution in [3.63, 3.8) is 0 Å². The zero-order valence-electron chi connectivity index (χ0n) is 17.7. The predicted molar refractivity (Wildman–Crippen MR) is 127 cm³/mol. The van der Waals surface area contributed by atoms with Crippen LogP contribution in [0.1, 0.15) is 35.2 Å². The molecule has 5 rings (SSSR count). The number of piperidine rings is 1. The smallest absolute Gasteiger partial charge is 0.251 e. The molecule has 32 heavy (non-hydrogen) atoms. The van der Waals surface area contributed by atoms with Gasteiger partial charge in [-0.25, -0.2) is 0 Å². The molecule has 1 aliphatic carbocycles. The van der Waals surface area contributed by atoms with E-state index in [0.29, 0.717) is 11.6 Å². The molecule has 2 aliphatic rings. The van der Waals surface area contributed by atoms with Gasteiger partial charge in [0.25, 0.3) is 5.56 Å². The standard InChI is InChI=1S/C26H23ClN4O/c27-21-3-1-2-19(12-21)17-31-11-8-20(13-26(31)32)23-4-5-25-24(23)14-22(16-29-25)30-9-6-18(15-28)7-10-30/h1-4,8,11-14,16,18H,5-7,9-10,17H2. The molecule has 0 radical (unpaired) electrons. The van der Waals surface area contributed by atoms with Crippen molar-refractivity contribution in [3.05, 3.63) is 98.7 Å². The highest BCUT2D eigenvalue weighted by Crippen LogP contribution is 2.34. The normalized spacial score (nSPS) is 15.9. The first-order valence-electron chi connectivity index (χ1n) is 10.9. The Morgan fingerprint density at radius 2 is 2.00 bits per heavy atom. The SMILES string of the molecule is N#CC1CCN(c2cnc3c(c2)C(c2ccn(Cc4cccc(Cl)c4)c(=O)c2)=CC3)CC1. The fourth-order valence-electron chi connectivity index (χ4n) is 4.54. The number of fused-ring (bicyclic) bond motifs is 1. The molecular weight excluding hydrogens is 420 g/mol. The lowest BCUT2D eigenvalue weighted by atomic mass is 9.97. The van der Waals surface area contributed by atoms with Gasteiger partial charge in [-0.15, -0.1) is 0 Å². The van der Waals surface area contributed by atoms with E-state index in [9.17, 15) is 4.79 Å². The second-order valence-electron chi connectivity index (χ2n) is 8.41. The van der Waals surface area contributed by atoms with Gasteiger partial charge in [-0.05, 0) is 53.8 Å². The van der Waals surface area contributed by atoms with Crippen LogP contribution in [-0.2, 0) is 13.0 Å². The number of hydrogen-bond acceptors (Lipinski definition) is 4. The van der Waals surface area contributed by atoms with E-state index in [0.717, 1.165) is 66.0 Å². The largest absolute Gasteiger partial charge is 0.370 e. The van der Waals surface area contributed by atoms with Crippen LogP contribution in [0, 0.1) is 17.2 Å². The number of aromatic nitrogens is 2. The Kier molecular flexibility index (Phi) is 5.55. The van der Waals surface area contributed by atoms with E-state index in [1.807, 2.05) is 42.7 Å². The molecule has 1 saturated heterocycles. The Morgan fingerprint density at radius 1 is 1.16 bits per heavy atom. The van der Waals surface area contributed by atoms with E-state index in [4.69, 9.17) is 21.8 Å². The average Bonchev–Trinajstić information content (AvgIpc) is 3.24. The number of rotatable bonds is 4. The first-order chi connectivity index (χ1) is 15.6. The summed E-state index contributed by atoms with van der Waals surface area (Å²) in [6, 6.07) is 15.8. The molecule has 0 N–H and O–H groups in total. The maximum Gasteiger partial charge on any atom is 0.251 e. The van der Waals surface area contributed by atoms with Gasteiger partial charge in [0.2, 0.25) is 0 Å². The second kappa shape index (κ2) is 8.64. The van der Waals surface area contributed by atoms with Gasteiger partial charge < -0.3 is 9.47 Å². The lowest BCUT2D eigenvalue weighted by Crippen LogP contribution is -2.33. The number of hydrogen-bond donors (Lipinski definition) is 0. The number of halogens is 1. The fraction of sp³-hybridized carbons (Fsp3) is 0.269. The van der Waals surface area contributed by atoms with Gasteiger partial charge in [-0.3, -0.25) is 9.78 Å². The Bertz CT molecular complexity index is 1300. The van der Waals surface area contributed by atoms with Crippen LogP contribution in [0.4, 0.5) is 5.69 Å². The van der Waals surface area contributed by atoms with Crippen molar-refractivity contribution in [1.29, 1.82) is 5.26 Å². The molecule has 1 fully saturated rings. The van der Waals surface area contributed by atoms with Crippen LogP contribution >= 0.6 is 11.6 Å². The number of nitriles is 1. The van der Waals surface area contributed by atoms with E-state index < -0.39 is 0 Å². The molecule has 1 aliphatic heterocycles. The minimum absolute atomic E-state index is 0.0421. The summed E-state index contributed by atoms with van der Waals surface area (Å²) in [5.41, 5.74) is 6.15. The first-order valence-corrected chi connectivity index (χ1v) is 11.3. The number of benzene rings is 1. The van der Waals surface area contributed by atoms with Gasteiger partial charge in [0.05, 0.1) is 30.2 Å². The molecule has 1 aromatic carbocycles. The third-order valence-electron chi connectivity index (χ3n) is 6.34. The van der Waals surface area contributed by atoms with Crippen LogP contribution in [0.5, 0.6) is 0 Å². The van der Waals surface area contributed by atoms with E-state index in [2.05, 4.69) is 23.1 Å². The van der Waals surface area contributed by atoms with Crippen molar-refractivity contribution in [2.24, 2.45) is 5.92 Å². The van der Waals surface area contributed by atoms with Gasteiger partial charge in [-0.1, -0.05) is 29.8 Å². The third kappa shape index (κ3) is 4.06. The summed E-state index contributed by atoms with van der Waals surface area (Å²) in [4.78, 5) is 19.8. The van der Waals surface area contributed by atoms with Crippen LogP contribution in [0.2, 0.25) is 5.02 Å². The maximum absolute atomic E-state index is 12.8. The highest BCUT2D eigenvalue weighted by Gasteiger charge is 2.23. The van der Waals surface area contributed by atoms with E-state index in [1.165, 1.54) is 0 Å². The van der Waals surface area contributed by atoms with Crippen LogP contribution in [0.3, 0.4) is 0 Å². The van der Waals surface area contributed by atoms with E-state index >= 15 is 0 Å². The Morgan fingerprint density at radius 3 is 2.75 bits per heavy atom. The highest BCUT2D eigenvalue weighted by molar-refractivity contribution is 6.30. The number of pyridine rings is 2. The molecular formula is C26H23ClN4O. The third-order valence-corrected chi connectivity index (χ3v) is 6.57. The Hall–Kier alpha value is -3.36. The van der Waals surface area contributed by atoms with Crippen molar-refractivity contribution in [1.82, 2.24) is 9.55 Å². The molecule has 5 nitrogen and oxygen atoms in total. The number of allylic oxidation sites excluding steroid dienone is 1. The topological polar surface area (TPSA) is 61.9 Å². The Balaban J connectivity index is 1.39. The summed E-state index contributed by atoms with van der Waals surface area (Å²) in [6.45, 7) is 2.23. The number of anilines is 1. The Labute approximate surface area is 192 Å². The van der Waals surface area contributed by atoms with Crippen LogP contribution in [0.25, 0.3) is 5.57 Å². The van der Waals surface area contributed by atoms with Crippen molar-refractivity contribution in [2.75, 3.05) is 18.0 Å². The van der Waals surface area contributed by atoms with Crippen LogP contribution < -0.4 is 10.5 Å². The highest BCUT2D eigenvalue weighted by atomic mass is 35.5. The molecule has 0 unspecified atom stereocenters. The van der Waals surface area contributed by atoms with Crippen LogP contribution in [0.15, 0.2) is 65.7 Å². The first kappa shape index (κ1) is 20.5. The molecule has 6 heteroatoms. The lowest BCUT2D eigenvalue weighted by molar-refractivity contribution is 0.487. The van der Waals surface area contributed by atoms with E-state index in [1.54, 1.807) is 10.6 Å². The molecule has 0 saturated carbocycles. The summed E-state index contributed by atoms with van der Waals surface area (Å²) < 4.78 is 1.69. The monoisotopic (exact) mass is 442 g/mol. The van der Waals surface area contributed by atoms with Gasteiger partial charge in [0, 0.05) is 48.3 Å². The minimum Gasteiger partial charge on any atom is -0.370 e.